The fourth-order valence-electron chi connectivity index (χ4n) is 6.15. The maximum atomic E-state index is 12.7. The number of esters is 2. The first-order chi connectivity index (χ1) is 28.6. The van der Waals surface area contributed by atoms with Gasteiger partial charge in [-0.1, -0.05) is 195 Å². The minimum absolute atomic E-state index is 0.0405. The summed E-state index contributed by atoms with van der Waals surface area (Å²) >= 11 is 0. The van der Waals surface area contributed by atoms with Crippen molar-refractivity contribution >= 4 is 11.9 Å². The summed E-state index contributed by atoms with van der Waals surface area (Å²) in [4.78, 5) is 25.3. The highest BCUT2D eigenvalue weighted by molar-refractivity contribution is 5.70. The number of carbonyl (C=O) groups excluding carboxylic acids is 2. The molecule has 5 nitrogen and oxygen atoms in total. The second-order valence-corrected chi connectivity index (χ2v) is 15.3. The van der Waals surface area contributed by atoms with Gasteiger partial charge in [0.05, 0.1) is 6.61 Å². The predicted octanol–water partition coefficient (Wildman–Crippen LogP) is 15.9. The highest BCUT2D eigenvalue weighted by Crippen LogP contribution is 2.13. The highest BCUT2D eigenvalue weighted by atomic mass is 16.6. The van der Waals surface area contributed by atoms with Crippen LogP contribution >= 0.6 is 0 Å². The number of hydrogen-bond acceptors (Lipinski definition) is 5. The number of unbranched alkanes of at least 4 members (excludes halogenated alkanes) is 15. The predicted molar refractivity (Wildman–Crippen MR) is 251 cm³/mol. The van der Waals surface area contributed by atoms with Crippen LogP contribution in [0.2, 0.25) is 0 Å². The van der Waals surface area contributed by atoms with Crippen LogP contribution < -0.4 is 0 Å². The Morgan fingerprint density at radius 2 is 0.793 bits per heavy atom. The average Bonchev–Trinajstić information content (AvgIpc) is 3.22. The monoisotopic (exact) mass is 805 g/mol. The summed E-state index contributed by atoms with van der Waals surface area (Å²) < 4.78 is 17.3. The van der Waals surface area contributed by atoms with E-state index in [1.165, 1.54) is 64.2 Å². The first kappa shape index (κ1) is 54.8. The van der Waals surface area contributed by atoms with Gasteiger partial charge in [0.25, 0.3) is 0 Å². The molecule has 0 spiro atoms. The van der Waals surface area contributed by atoms with Crippen molar-refractivity contribution in [1.82, 2.24) is 0 Å². The number of rotatable bonds is 42. The summed E-state index contributed by atoms with van der Waals surface area (Å²) in [5, 5.41) is 0. The SMILES string of the molecule is CC/C=C\C/C=C\C/C=C\C/C=C\C/C=C\CCCC(=O)OCC(COCCCCCCCCCCCCCC)OC(=O)CCCCC/C=C\C/C=C\C/C=C\CC. The van der Waals surface area contributed by atoms with Gasteiger partial charge in [-0.3, -0.25) is 9.59 Å². The number of carbonyl (C=O) groups is 2. The number of hydrogen-bond donors (Lipinski definition) is 0. The lowest BCUT2D eigenvalue weighted by Gasteiger charge is -2.18. The first-order valence-electron chi connectivity index (χ1n) is 23.8. The third-order valence-electron chi connectivity index (χ3n) is 9.62. The lowest BCUT2D eigenvalue weighted by molar-refractivity contribution is -0.163. The molecule has 0 aliphatic heterocycles. The number of ether oxygens (including phenoxy) is 3. The van der Waals surface area contributed by atoms with Gasteiger partial charge in [-0.25, -0.2) is 0 Å². The minimum atomic E-state index is -0.576. The molecule has 0 radical (unpaired) electrons. The Balaban J connectivity index is 4.41. The summed E-state index contributed by atoms with van der Waals surface area (Å²) in [6.45, 7) is 7.50. The fourth-order valence-corrected chi connectivity index (χ4v) is 6.15. The van der Waals surface area contributed by atoms with Crippen LogP contribution in [0.15, 0.2) is 97.2 Å². The van der Waals surface area contributed by atoms with Crippen LogP contribution in [0, 0.1) is 0 Å². The summed E-state index contributed by atoms with van der Waals surface area (Å²) in [5.41, 5.74) is 0. The Hall–Kier alpha value is -3.18. The van der Waals surface area contributed by atoms with Crippen molar-refractivity contribution in [3.8, 4) is 0 Å². The van der Waals surface area contributed by atoms with Gasteiger partial charge >= 0.3 is 11.9 Å². The molecule has 0 saturated carbocycles. The van der Waals surface area contributed by atoms with Crippen molar-refractivity contribution in [3.05, 3.63) is 97.2 Å². The van der Waals surface area contributed by atoms with Crippen LogP contribution in [-0.2, 0) is 23.8 Å². The Morgan fingerprint density at radius 1 is 0.397 bits per heavy atom. The molecule has 0 saturated heterocycles. The molecule has 0 aliphatic carbocycles. The lowest BCUT2D eigenvalue weighted by atomic mass is 10.1. The molecule has 1 unspecified atom stereocenters. The van der Waals surface area contributed by atoms with Gasteiger partial charge in [0.1, 0.15) is 6.61 Å². The molecule has 0 aliphatic rings. The van der Waals surface area contributed by atoms with Crippen LogP contribution in [0.25, 0.3) is 0 Å². The van der Waals surface area contributed by atoms with E-state index in [1.807, 2.05) is 0 Å². The molecule has 0 N–H and O–H groups in total. The topological polar surface area (TPSA) is 61.8 Å². The molecule has 330 valence electrons. The molecule has 0 amide bonds. The fraction of sp³-hybridized carbons (Fsp3) is 0.660. The van der Waals surface area contributed by atoms with Crippen molar-refractivity contribution in [2.45, 2.75) is 207 Å². The first-order valence-corrected chi connectivity index (χ1v) is 23.8. The third kappa shape index (κ3) is 45.5. The zero-order chi connectivity index (χ0) is 42.1. The van der Waals surface area contributed by atoms with E-state index in [2.05, 4.69) is 118 Å². The van der Waals surface area contributed by atoms with Crippen molar-refractivity contribution in [1.29, 1.82) is 0 Å². The Morgan fingerprint density at radius 3 is 1.28 bits per heavy atom. The molecular formula is C53H88O5. The molecular weight excluding hydrogens is 717 g/mol. The Bertz CT molecular complexity index is 1140. The van der Waals surface area contributed by atoms with Crippen LogP contribution in [-0.4, -0.2) is 37.9 Å². The molecule has 0 aromatic heterocycles. The number of allylic oxidation sites excluding steroid dienone is 16. The van der Waals surface area contributed by atoms with Gasteiger partial charge < -0.3 is 14.2 Å². The van der Waals surface area contributed by atoms with Crippen molar-refractivity contribution in [2.75, 3.05) is 19.8 Å². The molecule has 0 rings (SSSR count). The minimum Gasteiger partial charge on any atom is -0.462 e. The summed E-state index contributed by atoms with van der Waals surface area (Å²) in [6.07, 6.45) is 64.1. The van der Waals surface area contributed by atoms with Crippen LogP contribution in [0.4, 0.5) is 0 Å². The zero-order valence-corrected chi connectivity index (χ0v) is 37.8. The summed E-state index contributed by atoms with van der Waals surface area (Å²) in [7, 11) is 0. The Labute approximate surface area is 358 Å². The van der Waals surface area contributed by atoms with Crippen molar-refractivity contribution in [3.63, 3.8) is 0 Å². The van der Waals surface area contributed by atoms with Gasteiger partial charge in [-0.15, -0.1) is 0 Å². The van der Waals surface area contributed by atoms with E-state index in [9.17, 15) is 9.59 Å². The quantitative estimate of drug-likeness (QED) is 0.0349. The van der Waals surface area contributed by atoms with Gasteiger partial charge in [0, 0.05) is 19.4 Å². The summed E-state index contributed by atoms with van der Waals surface area (Å²) in [6, 6.07) is 0. The lowest BCUT2D eigenvalue weighted by Crippen LogP contribution is -2.30. The van der Waals surface area contributed by atoms with Gasteiger partial charge in [0.2, 0.25) is 0 Å². The van der Waals surface area contributed by atoms with Crippen LogP contribution in [0.3, 0.4) is 0 Å². The van der Waals surface area contributed by atoms with E-state index in [4.69, 9.17) is 14.2 Å². The Kier molecular flexibility index (Phi) is 45.5. The van der Waals surface area contributed by atoms with E-state index >= 15 is 0 Å². The molecule has 0 aromatic rings. The van der Waals surface area contributed by atoms with Crippen molar-refractivity contribution in [2.24, 2.45) is 0 Å². The van der Waals surface area contributed by atoms with Crippen LogP contribution in [0.5, 0.6) is 0 Å². The maximum absolute atomic E-state index is 12.7. The molecule has 1 atom stereocenters. The molecule has 0 bridgehead atoms. The molecule has 0 aromatic carbocycles. The van der Waals surface area contributed by atoms with E-state index in [1.54, 1.807) is 0 Å². The highest BCUT2D eigenvalue weighted by Gasteiger charge is 2.17. The zero-order valence-electron chi connectivity index (χ0n) is 37.8. The third-order valence-corrected chi connectivity index (χ3v) is 9.62. The molecule has 58 heavy (non-hydrogen) atoms. The average molecular weight is 805 g/mol. The van der Waals surface area contributed by atoms with Gasteiger partial charge in [-0.2, -0.15) is 0 Å². The van der Waals surface area contributed by atoms with Crippen molar-refractivity contribution < 1.29 is 23.8 Å². The van der Waals surface area contributed by atoms with E-state index < -0.39 is 6.10 Å². The summed E-state index contributed by atoms with van der Waals surface area (Å²) in [5.74, 6) is -0.502. The van der Waals surface area contributed by atoms with E-state index in [0.717, 1.165) is 103 Å². The van der Waals surface area contributed by atoms with Gasteiger partial charge in [0.15, 0.2) is 6.10 Å². The normalized spacial score (nSPS) is 13.1. The standard InChI is InChI=1S/C53H88O5/c1-4-7-10-13-16-19-22-25-26-27-28-30-31-34-37-40-43-46-52(54)57-50-51(49-56-48-45-42-39-36-33-24-21-18-15-12-9-6-3)58-53(55)47-44-41-38-35-32-29-23-20-17-14-11-8-5-2/h7-8,10-11,16-17,19-20,25-26,28-30,32,34,37,51H,4-6,9,12-15,18,21-24,27,31,33,35-36,38-50H2,1-3H3/b10-7-,11-8-,19-16-,20-17-,26-25-,30-28-,32-29-,37-34-. The van der Waals surface area contributed by atoms with Crippen LogP contribution in [0.1, 0.15) is 201 Å². The maximum Gasteiger partial charge on any atom is 0.306 e. The second-order valence-electron chi connectivity index (χ2n) is 15.3. The molecule has 5 heteroatoms. The van der Waals surface area contributed by atoms with E-state index in [0.29, 0.717) is 19.4 Å². The smallest absolute Gasteiger partial charge is 0.306 e. The van der Waals surface area contributed by atoms with E-state index in [-0.39, 0.29) is 25.2 Å². The largest absolute Gasteiger partial charge is 0.462 e. The molecule has 0 fully saturated rings. The second kappa shape index (κ2) is 48.2. The van der Waals surface area contributed by atoms with Gasteiger partial charge in [-0.05, 0) is 89.9 Å². The molecule has 0 heterocycles.